The van der Waals surface area contributed by atoms with Crippen molar-refractivity contribution in [2.75, 3.05) is 5.32 Å². The first kappa shape index (κ1) is 17.9. The average Bonchev–Trinajstić information content (AvgIpc) is 3.03. The monoisotopic (exact) mass is 376 g/mol. The predicted octanol–water partition coefficient (Wildman–Crippen LogP) is 5.53. The van der Waals surface area contributed by atoms with Crippen LogP contribution in [0.2, 0.25) is 0 Å². The number of carbonyl (C=O) groups excluding carboxylic acids is 1. The Hall–Kier alpha value is -3.47. The fourth-order valence-corrected chi connectivity index (χ4v) is 3.24. The van der Waals surface area contributed by atoms with Crippen molar-refractivity contribution in [3.8, 4) is 0 Å². The fraction of sp³-hybridized carbons (Fsp3) is 0.0870. The molecule has 0 aliphatic rings. The highest BCUT2D eigenvalue weighted by Crippen LogP contribution is 2.27. The van der Waals surface area contributed by atoms with Gasteiger partial charge in [-0.05, 0) is 30.7 Å². The molecule has 4 rings (SSSR count). The van der Waals surface area contributed by atoms with Crippen molar-refractivity contribution in [2.45, 2.75) is 13.5 Å². The van der Waals surface area contributed by atoms with E-state index in [0.717, 1.165) is 22.5 Å². The molecule has 0 saturated carbocycles. The molecular formula is C23H18F2N2O. The van der Waals surface area contributed by atoms with Crippen LogP contribution in [-0.4, -0.2) is 10.5 Å². The molecule has 4 aromatic rings. The molecule has 5 heteroatoms. The summed E-state index contributed by atoms with van der Waals surface area (Å²) in [5.74, 6) is -2.88. The van der Waals surface area contributed by atoms with Crippen LogP contribution in [0, 0.1) is 18.6 Å². The zero-order valence-electron chi connectivity index (χ0n) is 15.2. The second-order valence-corrected chi connectivity index (χ2v) is 6.73. The molecule has 140 valence electrons. The lowest BCUT2D eigenvalue weighted by atomic mass is 10.1. The van der Waals surface area contributed by atoms with E-state index in [4.69, 9.17) is 0 Å². The number of fused-ring (bicyclic) bond motifs is 1. The lowest BCUT2D eigenvalue weighted by Gasteiger charge is -2.06. The molecule has 0 aliphatic heterocycles. The van der Waals surface area contributed by atoms with E-state index in [0.29, 0.717) is 12.2 Å². The zero-order valence-corrected chi connectivity index (χ0v) is 15.2. The van der Waals surface area contributed by atoms with Gasteiger partial charge in [-0.3, -0.25) is 4.79 Å². The maximum Gasteiger partial charge on any atom is 0.258 e. The van der Waals surface area contributed by atoms with Crippen LogP contribution in [0.5, 0.6) is 0 Å². The normalized spacial score (nSPS) is 11.0. The van der Waals surface area contributed by atoms with Gasteiger partial charge >= 0.3 is 0 Å². The minimum atomic E-state index is -1.15. The van der Waals surface area contributed by atoms with Gasteiger partial charge in [-0.25, -0.2) is 8.78 Å². The molecule has 0 atom stereocenters. The van der Waals surface area contributed by atoms with E-state index in [1.165, 1.54) is 17.7 Å². The number of aromatic nitrogens is 1. The number of nitrogens with one attached hydrogen (secondary N) is 1. The summed E-state index contributed by atoms with van der Waals surface area (Å²) in [6.07, 6.45) is 1.82. The van der Waals surface area contributed by atoms with Crippen LogP contribution in [0.1, 0.15) is 21.5 Å². The topological polar surface area (TPSA) is 34.0 Å². The van der Waals surface area contributed by atoms with Crippen molar-refractivity contribution in [1.82, 2.24) is 4.57 Å². The molecule has 3 nitrogen and oxygen atoms in total. The van der Waals surface area contributed by atoms with Gasteiger partial charge in [0.2, 0.25) is 0 Å². The third kappa shape index (κ3) is 3.39. The number of amides is 1. The molecular weight excluding hydrogens is 358 g/mol. The summed E-state index contributed by atoms with van der Waals surface area (Å²) in [6.45, 7) is 2.67. The number of carbonyl (C=O) groups is 1. The molecule has 0 radical (unpaired) electrons. The Morgan fingerprint density at radius 2 is 1.71 bits per heavy atom. The average molecular weight is 376 g/mol. The van der Waals surface area contributed by atoms with Crippen molar-refractivity contribution in [3.63, 3.8) is 0 Å². The van der Waals surface area contributed by atoms with Gasteiger partial charge in [0.05, 0.1) is 16.8 Å². The Labute approximate surface area is 161 Å². The van der Waals surface area contributed by atoms with Gasteiger partial charge in [-0.15, -0.1) is 0 Å². The number of benzene rings is 3. The third-order valence-electron chi connectivity index (χ3n) is 4.71. The lowest BCUT2D eigenvalue weighted by Crippen LogP contribution is -2.14. The van der Waals surface area contributed by atoms with Gasteiger partial charge in [0.15, 0.2) is 11.6 Å². The van der Waals surface area contributed by atoms with Crippen molar-refractivity contribution in [1.29, 1.82) is 0 Å². The number of hydrogen-bond acceptors (Lipinski definition) is 1. The largest absolute Gasteiger partial charge is 0.341 e. The Kier molecular flexibility index (Phi) is 4.65. The summed E-state index contributed by atoms with van der Waals surface area (Å²) in [4.78, 5) is 12.5. The summed E-state index contributed by atoms with van der Waals surface area (Å²) in [6, 6.07) is 19.4. The van der Waals surface area contributed by atoms with Gasteiger partial charge in [0.1, 0.15) is 0 Å². The van der Waals surface area contributed by atoms with E-state index in [1.54, 1.807) is 0 Å². The maximum absolute atomic E-state index is 14.0. The molecule has 28 heavy (non-hydrogen) atoms. The molecule has 0 bridgehead atoms. The number of hydrogen-bond donors (Lipinski definition) is 1. The Morgan fingerprint density at radius 3 is 2.50 bits per heavy atom. The summed E-state index contributed by atoms with van der Waals surface area (Å²) < 4.78 is 29.4. The Morgan fingerprint density at radius 1 is 0.964 bits per heavy atom. The molecule has 1 heterocycles. The molecule has 1 N–H and O–H groups in total. The van der Waals surface area contributed by atoms with E-state index in [2.05, 4.69) is 29.6 Å². The highest BCUT2D eigenvalue weighted by Gasteiger charge is 2.17. The number of aryl methyl sites for hydroxylation is 1. The van der Waals surface area contributed by atoms with Gasteiger partial charge < -0.3 is 9.88 Å². The maximum atomic E-state index is 14.0. The first-order chi connectivity index (χ1) is 13.5. The second kappa shape index (κ2) is 7.27. The van der Waals surface area contributed by atoms with Gasteiger partial charge in [0.25, 0.3) is 5.91 Å². The highest BCUT2D eigenvalue weighted by atomic mass is 19.2. The van der Waals surface area contributed by atoms with Crippen LogP contribution < -0.4 is 5.32 Å². The van der Waals surface area contributed by atoms with E-state index < -0.39 is 17.5 Å². The minimum absolute atomic E-state index is 0.324. The van der Waals surface area contributed by atoms with E-state index in [9.17, 15) is 13.6 Å². The van der Waals surface area contributed by atoms with Gasteiger partial charge in [0, 0.05) is 18.1 Å². The molecule has 3 aromatic carbocycles. The quantitative estimate of drug-likeness (QED) is 0.499. The van der Waals surface area contributed by atoms with Gasteiger partial charge in [-0.2, -0.15) is 0 Å². The summed E-state index contributed by atoms with van der Waals surface area (Å²) in [5.41, 5.74) is 3.48. The molecule has 1 amide bonds. The van der Waals surface area contributed by atoms with Crippen molar-refractivity contribution >= 4 is 22.5 Å². The fourth-order valence-electron chi connectivity index (χ4n) is 3.24. The van der Waals surface area contributed by atoms with Gasteiger partial charge in [-0.1, -0.05) is 54.1 Å². The van der Waals surface area contributed by atoms with E-state index in [-0.39, 0.29) is 5.56 Å². The molecule has 0 aliphatic carbocycles. The van der Waals surface area contributed by atoms with Crippen molar-refractivity contribution < 1.29 is 13.6 Å². The Balaban J connectivity index is 1.69. The lowest BCUT2D eigenvalue weighted by molar-refractivity contribution is 0.102. The first-order valence-electron chi connectivity index (χ1n) is 8.92. The third-order valence-corrected chi connectivity index (χ3v) is 4.71. The van der Waals surface area contributed by atoms with E-state index >= 15 is 0 Å². The zero-order chi connectivity index (χ0) is 19.7. The van der Waals surface area contributed by atoms with Crippen LogP contribution >= 0.6 is 0 Å². The Bertz CT molecular complexity index is 1160. The number of rotatable bonds is 4. The molecule has 0 spiro atoms. The highest BCUT2D eigenvalue weighted by molar-refractivity contribution is 6.09. The van der Waals surface area contributed by atoms with Crippen LogP contribution in [-0.2, 0) is 6.54 Å². The minimum Gasteiger partial charge on any atom is -0.341 e. The number of para-hydroxylation sites is 1. The first-order valence-corrected chi connectivity index (χ1v) is 8.92. The standard InChI is InChI=1S/C23H18F2N2O/c1-15-9-11-16(12-10-15)13-27-14-20(17-5-2-3-8-21(17)27)26-23(28)18-6-4-7-19(24)22(18)25/h2-12,14H,13H2,1H3,(H,26,28). The van der Waals surface area contributed by atoms with Crippen LogP contribution in [0.25, 0.3) is 10.9 Å². The summed E-state index contributed by atoms with van der Waals surface area (Å²) in [7, 11) is 0. The smallest absolute Gasteiger partial charge is 0.258 e. The SMILES string of the molecule is Cc1ccc(Cn2cc(NC(=O)c3cccc(F)c3F)c3ccccc32)cc1. The van der Waals surface area contributed by atoms with Crippen molar-refractivity contribution in [3.05, 3.63) is 101 Å². The van der Waals surface area contributed by atoms with Crippen LogP contribution in [0.15, 0.2) is 72.9 Å². The molecule has 1 aromatic heterocycles. The van der Waals surface area contributed by atoms with Crippen LogP contribution in [0.3, 0.4) is 0 Å². The molecule has 0 saturated heterocycles. The van der Waals surface area contributed by atoms with E-state index in [1.807, 2.05) is 42.0 Å². The number of anilines is 1. The predicted molar refractivity (Wildman–Crippen MR) is 107 cm³/mol. The second-order valence-electron chi connectivity index (χ2n) is 6.73. The summed E-state index contributed by atoms with van der Waals surface area (Å²) >= 11 is 0. The number of nitrogens with zero attached hydrogens (tertiary/aromatic N) is 1. The molecule has 0 unspecified atom stereocenters. The molecule has 0 fully saturated rings. The summed E-state index contributed by atoms with van der Waals surface area (Å²) in [5, 5.41) is 3.55. The van der Waals surface area contributed by atoms with Crippen molar-refractivity contribution in [2.24, 2.45) is 0 Å². The number of halogens is 2. The van der Waals surface area contributed by atoms with Crippen LogP contribution in [0.4, 0.5) is 14.5 Å².